The van der Waals surface area contributed by atoms with Crippen molar-refractivity contribution < 1.29 is 14.3 Å². The molecule has 0 bridgehead atoms. The molecule has 0 radical (unpaired) electrons. The van der Waals surface area contributed by atoms with E-state index in [4.69, 9.17) is 16.3 Å². The quantitative estimate of drug-likeness (QED) is 0.855. The summed E-state index contributed by atoms with van der Waals surface area (Å²) in [7, 11) is 0. The number of anilines is 1. The van der Waals surface area contributed by atoms with Gasteiger partial charge in [0.25, 0.3) is 0 Å². The molecule has 0 fully saturated rings. The highest BCUT2D eigenvalue weighted by Crippen LogP contribution is 2.34. The first-order valence-corrected chi connectivity index (χ1v) is 7.03. The molecule has 1 aliphatic heterocycles. The van der Waals surface area contributed by atoms with Gasteiger partial charge in [0.15, 0.2) is 5.76 Å². The zero-order chi connectivity index (χ0) is 15.7. The standard InChI is InChI=1S/C17H12ClNO3/c1-10(20)19-12-6-7-15-13(9-12)17(21)16(22-15)8-11-4-2-3-5-14(11)18/h2-9H,1H3,(H,19,20)/b16-8-. The molecule has 0 unspecified atom stereocenters. The summed E-state index contributed by atoms with van der Waals surface area (Å²) in [6.07, 6.45) is 1.61. The van der Waals surface area contributed by atoms with Crippen LogP contribution in [-0.4, -0.2) is 11.7 Å². The van der Waals surface area contributed by atoms with Crippen molar-refractivity contribution in [2.24, 2.45) is 0 Å². The van der Waals surface area contributed by atoms with E-state index < -0.39 is 0 Å². The van der Waals surface area contributed by atoms with Crippen molar-refractivity contribution >= 4 is 35.1 Å². The van der Waals surface area contributed by atoms with Crippen molar-refractivity contribution in [3.8, 4) is 5.75 Å². The minimum Gasteiger partial charge on any atom is -0.452 e. The number of nitrogens with one attached hydrogen (secondary N) is 1. The molecule has 110 valence electrons. The van der Waals surface area contributed by atoms with Crippen LogP contribution in [0.2, 0.25) is 5.02 Å². The molecule has 1 N–H and O–H groups in total. The summed E-state index contributed by atoms with van der Waals surface area (Å²) in [6.45, 7) is 1.41. The number of rotatable bonds is 2. The minimum atomic E-state index is -0.234. The number of hydrogen-bond acceptors (Lipinski definition) is 3. The highest BCUT2D eigenvalue weighted by Gasteiger charge is 2.27. The molecule has 5 heteroatoms. The van der Waals surface area contributed by atoms with Gasteiger partial charge in [0, 0.05) is 17.6 Å². The molecule has 0 aromatic heterocycles. The number of halogens is 1. The third-order valence-corrected chi connectivity index (χ3v) is 3.52. The van der Waals surface area contributed by atoms with Crippen LogP contribution in [0.25, 0.3) is 6.08 Å². The van der Waals surface area contributed by atoms with Crippen molar-refractivity contribution in [3.63, 3.8) is 0 Å². The van der Waals surface area contributed by atoms with Crippen molar-refractivity contribution in [2.75, 3.05) is 5.32 Å². The fourth-order valence-electron chi connectivity index (χ4n) is 2.20. The topological polar surface area (TPSA) is 55.4 Å². The summed E-state index contributed by atoms with van der Waals surface area (Å²) in [4.78, 5) is 23.5. The third kappa shape index (κ3) is 2.73. The Hall–Kier alpha value is -2.59. The van der Waals surface area contributed by atoms with Crippen LogP contribution in [0.5, 0.6) is 5.75 Å². The maximum absolute atomic E-state index is 12.4. The normalized spacial score (nSPS) is 14.6. The van der Waals surface area contributed by atoms with Crippen molar-refractivity contribution in [1.82, 2.24) is 0 Å². The van der Waals surface area contributed by atoms with Gasteiger partial charge in [-0.15, -0.1) is 0 Å². The lowest BCUT2D eigenvalue weighted by Crippen LogP contribution is -2.06. The maximum Gasteiger partial charge on any atom is 0.232 e. The molecule has 1 heterocycles. The predicted octanol–water partition coefficient (Wildman–Crippen LogP) is 3.91. The molecule has 0 atom stereocenters. The molecule has 0 saturated carbocycles. The van der Waals surface area contributed by atoms with Gasteiger partial charge in [-0.3, -0.25) is 9.59 Å². The molecule has 22 heavy (non-hydrogen) atoms. The summed E-state index contributed by atoms with van der Waals surface area (Å²) in [6, 6.07) is 12.1. The summed E-state index contributed by atoms with van der Waals surface area (Å²) in [5, 5.41) is 3.18. The van der Waals surface area contributed by atoms with E-state index in [-0.39, 0.29) is 17.4 Å². The Labute approximate surface area is 132 Å². The lowest BCUT2D eigenvalue weighted by atomic mass is 10.1. The monoisotopic (exact) mass is 313 g/mol. The van der Waals surface area contributed by atoms with E-state index in [0.29, 0.717) is 27.6 Å². The summed E-state index contributed by atoms with van der Waals surface area (Å²) in [5.74, 6) is 0.251. The second kappa shape index (κ2) is 5.66. The van der Waals surface area contributed by atoms with Crippen molar-refractivity contribution in [3.05, 3.63) is 64.4 Å². The fourth-order valence-corrected chi connectivity index (χ4v) is 2.39. The minimum absolute atomic E-state index is 0.196. The predicted molar refractivity (Wildman–Crippen MR) is 85.1 cm³/mol. The van der Waals surface area contributed by atoms with Crippen LogP contribution in [0.1, 0.15) is 22.8 Å². The Balaban J connectivity index is 1.94. The Morgan fingerprint density at radius 2 is 2.00 bits per heavy atom. The largest absolute Gasteiger partial charge is 0.452 e. The summed E-state index contributed by atoms with van der Waals surface area (Å²) in [5.41, 5.74) is 1.69. The molecule has 0 aliphatic carbocycles. The summed E-state index contributed by atoms with van der Waals surface area (Å²) >= 11 is 6.09. The first kappa shape index (κ1) is 14.4. The first-order valence-electron chi connectivity index (χ1n) is 6.65. The number of fused-ring (bicyclic) bond motifs is 1. The Bertz CT molecular complexity index is 811. The lowest BCUT2D eigenvalue weighted by Gasteiger charge is -2.02. The van der Waals surface area contributed by atoms with Gasteiger partial charge in [-0.2, -0.15) is 0 Å². The van der Waals surface area contributed by atoms with E-state index in [0.717, 1.165) is 0 Å². The number of Topliss-reactive ketones (excluding diaryl/α,β-unsaturated/α-hetero) is 1. The Morgan fingerprint density at radius 1 is 1.23 bits per heavy atom. The average Bonchev–Trinajstić information content (AvgIpc) is 2.78. The number of carbonyl (C=O) groups excluding carboxylic acids is 2. The maximum atomic E-state index is 12.4. The molecule has 0 spiro atoms. The van der Waals surface area contributed by atoms with Crippen molar-refractivity contribution in [2.45, 2.75) is 6.92 Å². The molecular formula is C17H12ClNO3. The number of hydrogen-bond donors (Lipinski definition) is 1. The highest BCUT2D eigenvalue weighted by atomic mass is 35.5. The molecule has 3 rings (SSSR count). The van der Waals surface area contributed by atoms with E-state index in [1.165, 1.54) is 6.92 Å². The van der Waals surface area contributed by atoms with E-state index in [9.17, 15) is 9.59 Å². The SMILES string of the molecule is CC(=O)Nc1ccc2c(c1)C(=O)/C(=C/c1ccccc1Cl)O2. The van der Waals surface area contributed by atoms with Gasteiger partial charge in [-0.1, -0.05) is 29.8 Å². The number of ether oxygens (including phenoxy) is 1. The molecule has 2 aromatic carbocycles. The Kier molecular flexibility index (Phi) is 3.69. The zero-order valence-corrected chi connectivity index (χ0v) is 12.5. The van der Waals surface area contributed by atoms with Gasteiger partial charge in [0.2, 0.25) is 11.7 Å². The van der Waals surface area contributed by atoms with E-state index in [2.05, 4.69) is 5.32 Å². The molecule has 2 aromatic rings. The van der Waals surface area contributed by atoms with Gasteiger partial charge in [0.1, 0.15) is 5.75 Å². The van der Waals surface area contributed by atoms with Gasteiger partial charge in [-0.25, -0.2) is 0 Å². The molecular weight excluding hydrogens is 302 g/mol. The molecule has 4 nitrogen and oxygen atoms in total. The fraction of sp³-hybridized carbons (Fsp3) is 0.0588. The van der Waals surface area contributed by atoms with Crippen LogP contribution in [-0.2, 0) is 4.79 Å². The molecule has 1 amide bonds. The second-order valence-corrected chi connectivity index (χ2v) is 5.26. The van der Waals surface area contributed by atoms with Crippen LogP contribution >= 0.6 is 11.6 Å². The van der Waals surface area contributed by atoms with Crippen LogP contribution in [0.4, 0.5) is 5.69 Å². The van der Waals surface area contributed by atoms with Gasteiger partial charge in [-0.05, 0) is 35.9 Å². The number of allylic oxidation sites excluding steroid dienone is 1. The number of benzene rings is 2. The van der Waals surface area contributed by atoms with E-state index >= 15 is 0 Å². The third-order valence-electron chi connectivity index (χ3n) is 3.18. The van der Waals surface area contributed by atoms with Gasteiger partial charge in [0.05, 0.1) is 5.56 Å². The number of ketones is 1. The van der Waals surface area contributed by atoms with Gasteiger partial charge >= 0.3 is 0 Å². The summed E-state index contributed by atoms with van der Waals surface area (Å²) < 4.78 is 5.58. The van der Waals surface area contributed by atoms with Crippen LogP contribution in [0, 0.1) is 0 Å². The highest BCUT2D eigenvalue weighted by molar-refractivity contribution is 6.32. The smallest absolute Gasteiger partial charge is 0.232 e. The average molecular weight is 314 g/mol. The molecule has 1 aliphatic rings. The lowest BCUT2D eigenvalue weighted by molar-refractivity contribution is -0.114. The number of carbonyl (C=O) groups is 2. The first-order chi connectivity index (χ1) is 10.5. The number of amides is 1. The molecule has 0 saturated heterocycles. The van der Waals surface area contributed by atoms with Crippen molar-refractivity contribution in [1.29, 1.82) is 0 Å². The zero-order valence-electron chi connectivity index (χ0n) is 11.7. The van der Waals surface area contributed by atoms with Crippen LogP contribution < -0.4 is 10.1 Å². The van der Waals surface area contributed by atoms with E-state index in [1.54, 1.807) is 36.4 Å². The second-order valence-electron chi connectivity index (χ2n) is 4.85. The van der Waals surface area contributed by atoms with Crippen LogP contribution in [0.3, 0.4) is 0 Å². The Morgan fingerprint density at radius 3 is 2.73 bits per heavy atom. The van der Waals surface area contributed by atoms with Crippen LogP contribution in [0.15, 0.2) is 48.2 Å². The van der Waals surface area contributed by atoms with Gasteiger partial charge < -0.3 is 10.1 Å². The van der Waals surface area contributed by atoms with E-state index in [1.807, 2.05) is 12.1 Å².